The number of nitrogens with one attached hydrogen (secondary N) is 1. The van der Waals surface area contributed by atoms with Gasteiger partial charge in [0.1, 0.15) is 19.0 Å². The molecule has 25 heavy (non-hydrogen) atoms. The first-order chi connectivity index (χ1) is 12.1. The predicted molar refractivity (Wildman–Crippen MR) is 88.5 cm³/mol. The molecule has 1 saturated carbocycles. The van der Waals surface area contributed by atoms with E-state index in [4.69, 9.17) is 14.6 Å². The van der Waals surface area contributed by atoms with E-state index < -0.39 is 17.8 Å². The van der Waals surface area contributed by atoms with Crippen molar-refractivity contribution in [2.75, 3.05) is 18.5 Å². The zero-order valence-corrected chi connectivity index (χ0v) is 13.3. The first kappa shape index (κ1) is 15.4. The fourth-order valence-corrected chi connectivity index (χ4v) is 2.84. The summed E-state index contributed by atoms with van der Waals surface area (Å²) in [5.41, 5.74) is 1.52. The Kier molecular flexibility index (Phi) is 3.76. The molecule has 0 spiro atoms. The summed E-state index contributed by atoms with van der Waals surface area (Å²) in [4.78, 5) is 27.4. The molecule has 0 radical (unpaired) electrons. The van der Waals surface area contributed by atoms with Gasteiger partial charge in [-0.3, -0.25) is 9.59 Å². The van der Waals surface area contributed by atoms with Crippen LogP contribution in [0.15, 0.2) is 36.4 Å². The standard InChI is InChI=1S/C18H16N2O5/c21-17(11-9-12(11)18(22)23)20-16-3-1-2-13(19-16)10-4-5-14-15(8-10)25-7-6-24-14/h1-5,8,11-12H,6-7,9H2,(H,22,23)(H,19,20,21)/t11-,12-/m1/s1. The van der Waals surface area contributed by atoms with Crippen molar-refractivity contribution in [3.05, 3.63) is 36.4 Å². The van der Waals surface area contributed by atoms with Gasteiger partial charge in [-0.25, -0.2) is 4.98 Å². The molecule has 0 bridgehead atoms. The summed E-state index contributed by atoms with van der Waals surface area (Å²) in [5, 5.41) is 11.6. The highest BCUT2D eigenvalue weighted by molar-refractivity contribution is 5.97. The van der Waals surface area contributed by atoms with E-state index in [1.807, 2.05) is 24.3 Å². The summed E-state index contributed by atoms with van der Waals surface area (Å²) in [6.07, 6.45) is 0.378. The van der Waals surface area contributed by atoms with E-state index in [-0.39, 0.29) is 5.91 Å². The minimum absolute atomic E-state index is 0.306. The second-order valence-electron chi connectivity index (χ2n) is 6.04. The molecule has 1 aromatic carbocycles. The molecule has 2 atom stereocenters. The number of anilines is 1. The highest BCUT2D eigenvalue weighted by atomic mass is 16.6. The summed E-state index contributed by atoms with van der Waals surface area (Å²) in [6.45, 7) is 1.04. The summed E-state index contributed by atoms with van der Waals surface area (Å²) in [6, 6.07) is 10.9. The smallest absolute Gasteiger partial charge is 0.307 e. The van der Waals surface area contributed by atoms with Gasteiger partial charge in [-0.1, -0.05) is 6.07 Å². The van der Waals surface area contributed by atoms with Crippen LogP contribution in [0.4, 0.5) is 5.82 Å². The Labute approximate surface area is 143 Å². The molecule has 1 aromatic heterocycles. The molecule has 2 heterocycles. The van der Waals surface area contributed by atoms with E-state index in [9.17, 15) is 9.59 Å². The molecule has 4 rings (SSSR count). The van der Waals surface area contributed by atoms with Gasteiger partial charge in [-0.2, -0.15) is 0 Å². The highest BCUT2D eigenvalue weighted by Gasteiger charge is 2.48. The minimum atomic E-state index is -0.932. The van der Waals surface area contributed by atoms with Crippen LogP contribution in [-0.4, -0.2) is 35.2 Å². The van der Waals surface area contributed by atoms with Gasteiger partial charge in [-0.05, 0) is 36.8 Å². The van der Waals surface area contributed by atoms with Gasteiger partial charge in [0.2, 0.25) is 5.91 Å². The summed E-state index contributed by atoms with van der Waals surface area (Å²) in [7, 11) is 0. The number of carboxylic acid groups (broad SMARTS) is 1. The van der Waals surface area contributed by atoms with Gasteiger partial charge in [0, 0.05) is 5.56 Å². The van der Waals surface area contributed by atoms with Gasteiger partial charge in [0.15, 0.2) is 11.5 Å². The Hall–Kier alpha value is -3.09. The Balaban J connectivity index is 1.52. The number of nitrogens with zero attached hydrogens (tertiary/aromatic N) is 1. The van der Waals surface area contributed by atoms with Crippen LogP contribution < -0.4 is 14.8 Å². The average Bonchev–Trinajstić information content (AvgIpc) is 3.43. The third-order valence-electron chi connectivity index (χ3n) is 4.28. The van der Waals surface area contributed by atoms with Crippen molar-refractivity contribution in [2.24, 2.45) is 11.8 Å². The molecule has 0 unspecified atom stereocenters. The van der Waals surface area contributed by atoms with E-state index in [2.05, 4.69) is 10.3 Å². The Morgan fingerprint density at radius 3 is 2.64 bits per heavy atom. The quantitative estimate of drug-likeness (QED) is 0.885. The number of aromatic nitrogens is 1. The summed E-state index contributed by atoms with van der Waals surface area (Å²) >= 11 is 0. The van der Waals surface area contributed by atoms with Crippen molar-refractivity contribution < 1.29 is 24.2 Å². The van der Waals surface area contributed by atoms with Crippen LogP contribution in [0.1, 0.15) is 6.42 Å². The van der Waals surface area contributed by atoms with Crippen molar-refractivity contribution in [2.45, 2.75) is 6.42 Å². The molecule has 7 heteroatoms. The Morgan fingerprint density at radius 2 is 1.88 bits per heavy atom. The van der Waals surface area contributed by atoms with Crippen LogP contribution >= 0.6 is 0 Å². The van der Waals surface area contributed by atoms with Crippen molar-refractivity contribution in [1.29, 1.82) is 0 Å². The second-order valence-corrected chi connectivity index (χ2v) is 6.04. The van der Waals surface area contributed by atoms with E-state index in [1.165, 1.54) is 0 Å². The lowest BCUT2D eigenvalue weighted by Crippen LogP contribution is -2.17. The number of carbonyl (C=O) groups excluding carboxylic acids is 1. The molecule has 1 amide bonds. The number of hydrogen-bond acceptors (Lipinski definition) is 5. The first-order valence-electron chi connectivity index (χ1n) is 8.02. The van der Waals surface area contributed by atoms with Crippen molar-refractivity contribution in [3.63, 3.8) is 0 Å². The topological polar surface area (TPSA) is 97.8 Å². The molecule has 2 aromatic rings. The first-order valence-corrected chi connectivity index (χ1v) is 8.02. The van der Waals surface area contributed by atoms with Crippen molar-refractivity contribution in [3.8, 4) is 22.8 Å². The number of benzene rings is 1. The molecule has 7 nitrogen and oxygen atoms in total. The molecule has 2 aliphatic rings. The predicted octanol–water partition coefficient (Wildman–Crippen LogP) is 2.18. The molecule has 2 N–H and O–H groups in total. The maximum Gasteiger partial charge on any atom is 0.307 e. The van der Waals surface area contributed by atoms with Gasteiger partial charge in [0.25, 0.3) is 0 Å². The number of amides is 1. The average molecular weight is 340 g/mol. The van der Waals surface area contributed by atoms with Crippen LogP contribution in [0.5, 0.6) is 11.5 Å². The monoisotopic (exact) mass is 340 g/mol. The van der Waals surface area contributed by atoms with Crippen LogP contribution in [0.2, 0.25) is 0 Å². The Bertz CT molecular complexity index is 851. The van der Waals surface area contributed by atoms with Crippen LogP contribution in [0.3, 0.4) is 0 Å². The lowest BCUT2D eigenvalue weighted by Gasteiger charge is -2.18. The number of ether oxygens (including phenoxy) is 2. The van der Waals surface area contributed by atoms with E-state index in [0.29, 0.717) is 42.6 Å². The molecule has 128 valence electrons. The molecule has 1 aliphatic heterocycles. The van der Waals surface area contributed by atoms with Crippen LogP contribution in [0, 0.1) is 11.8 Å². The van der Waals surface area contributed by atoms with Gasteiger partial charge in [0.05, 0.1) is 17.5 Å². The number of hydrogen-bond donors (Lipinski definition) is 2. The van der Waals surface area contributed by atoms with E-state index in [0.717, 1.165) is 5.56 Å². The zero-order valence-electron chi connectivity index (χ0n) is 13.3. The Morgan fingerprint density at radius 1 is 1.08 bits per heavy atom. The third kappa shape index (κ3) is 3.13. The highest BCUT2D eigenvalue weighted by Crippen LogP contribution is 2.39. The normalized spacial score (nSPS) is 20.6. The zero-order chi connectivity index (χ0) is 17.4. The fourth-order valence-electron chi connectivity index (χ4n) is 2.84. The largest absolute Gasteiger partial charge is 0.486 e. The van der Waals surface area contributed by atoms with E-state index in [1.54, 1.807) is 12.1 Å². The lowest BCUT2D eigenvalue weighted by molar-refractivity contribution is -0.139. The molecular weight excluding hydrogens is 324 g/mol. The van der Waals surface area contributed by atoms with Gasteiger partial charge >= 0.3 is 5.97 Å². The number of fused-ring (bicyclic) bond motifs is 1. The number of pyridine rings is 1. The maximum atomic E-state index is 12.1. The van der Waals surface area contributed by atoms with E-state index >= 15 is 0 Å². The molecule has 1 fully saturated rings. The SMILES string of the molecule is O=C(O)[C@@H]1C[C@H]1C(=O)Nc1cccc(-c2ccc3c(c2)OCCO3)n1. The van der Waals surface area contributed by atoms with Gasteiger partial charge in [-0.15, -0.1) is 0 Å². The molecule has 1 aliphatic carbocycles. The molecule has 0 saturated heterocycles. The third-order valence-corrected chi connectivity index (χ3v) is 4.28. The number of carbonyl (C=O) groups is 2. The fraction of sp³-hybridized carbons (Fsp3) is 0.278. The second kappa shape index (κ2) is 6.08. The van der Waals surface area contributed by atoms with Gasteiger partial charge < -0.3 is 19.9 Å². The van der Waals surface area contributed by atoms with Crippen molar-refractivity contribution >= 4 is 17.7 Å². The molecular formula is C18H16N2O5. The number of rotatable bonds is 4. The summed E-state index contributed by atoms with van der Waals surface area (Å²) in [5.74, 6) is -0.529. The van der Waals surface area contributed by atoms with Crippen molar-refractivity contribution in [1.82, 2.24) is 4.98 Å². The summed E-state index contributed by atoms with van der Waals surface area (Å²) < 4.78 is 11.1. The number of carboxylic acids is 1. The van der Waals surface area contributed by atoms with Crippen LogP contribution in [-0.2, 0) is 9.59 Å². The number of aliphatic carboxylic acids is 1. The lowest BCUT2D eigenvalue weighted by atomic mass is 10.1. The minimum Gasteiger partial charge on any atom is -0.486 e. The van der Waals surface area contributed by atoms with Crippen LogP contribution in [0.25, 0.3) is 11.3 Å². The maximum absolute atomic E-state index is 12.1.